The molecule has 4 heteroatoms. The Labute approximate surface area is 95.5 Å². The van der Waals surface area contributed by atoms with E-state index in [0.29, 0.717) is 6.54 Å². The van der Waals surface area contributed by atoms with Crippen LogP contribution in [0.25, 0.3) is 5.65 Å². The van der Waals surface area contributed by atoms with Crippen molar-refractivity contribution in [1.82, 2.24) is 14.6 Å². The fourth-order valence-corrected chi connectivity index (χ4v) is 1.83. The van der Waals surface area contributed by atoms with Gasteiger partial charge in [-0.1, -0.05) is 26.8 Å². The van der Waals surface area contributed by atoms with E-state index >= 15 is 0 Å². The van der Waals surface area contributed by atoms with Gasteiger partial charge in [0.1, 0.15) is 5.82 Å². The molecular weight excluding hydrogens is 200 g/mol. The third-order valence-corrected chi connectivity index (χ3v) is 2.60. The van der Waals surface area contributed by atoms with Gasteiger partial charge in [-0.15, -0.1) is 10.2 Å². The molecule has 0 unspecified atom stereocenters. The van der Waals surface area contributed by atoms with Crippen molar-refractivity contribution in [3.63, 3.8) is 0 Å². The molecule has 4 nitrogen and oxygen atoms in total. The highest BCUT2D eigenvalue weighted by atomic mass is 15.3. The van der Waals surface area contributed by atoms with Crippen molar-refractivity contribution in [3.05, 3.63) is 29.7 Å². The summed E-state index contributed by atoms with van der Waals surface area (Å²) in [6.07, 6.45) is 2.85. The summed E-state index contributed by atoms with van der Waals surface area (Å²) in [6, 6.07) is 4.08. The minimum Gasteiger partial charge on any atom is -0.330 e. The molecule has 2 rings (SSSR count). The molecule has 0 aliphatic rings. The predicted molar refractivity (Wildman–Crippen MR) is 64.4 cm³/mol. The number of hydrogen-bond acceptors (Lipinski definition) is 3. The summed E-state index contributed by atoms with van der Waals surface area (Å²) in [7, 11) is 0. The smallest absolute Gasteiger partial charge is 0.164 e. The van der Waals surface area contributed by atoms with Gasteiger partial charge in [-0.25, -0.2) is 0 Å². The number of pyridine rings is 1. The summed E-state index contributed by atoms with van der Waals surface area (Å²) in [5, 5.41) is 8.54. The summed E-state index contributed by atoms with van der Waals surface area (Å²) in [6.45, 7) is 7.05. The molecule has 2 aromatic heterocycles. The molecule has 86 valence electrons. The largest absolute Gasteiger partial charge is 0.330 e. The zero-order valence-corrected chi connectivity index (χ0v) is 10.1. The molecule has 0 saturated carbocycles. The standard InChI is InChI=1S/C12H18N4/c1-12(2,3)11-15-14-10-9(6-7-13)5-4-8-16(10)11/h4-5,8H,6-7,13H2,1-3H3. The number of fused-ring (bicyclic) bond motifs is 1. The molecule has 0 amide bonds. The van der Waals surface area contributed by atoms with Crippen LogP contribution in [0.5, 0.6) is 0 Å². The predicted octanol–water partition coefficient (Wildman–Crippen LogP) is 1.53. The third kappa shape index (κ3) is 1.80. The quantitative estimate of drug-likeness (QED) is 0.831. The fraction of sp³-hybridized carbons (Fsp3) is 0.500. The molecular formula is C12H18N4. The van der Waals surface area contributed by atoms with E-state index in [-0.39, 0.29) is 5.41 Å². The van der Waals surface area contributed by atoms with Crippen molar-refractivity contribution in [1.29, 1.82) is 0 Å². The van der Waals surface area contributed by atoms with Crippen molar-refractivity contribution in [3.8, 4) is 0 Å². The van der Waals surface area contributed by atoms with Gasteiger partial charge in [0.2, 0.25) is 0 Å². The van der Waals surface area contributed by atoms with E-state index in [2.05, 4.69) is 41.4 Å². The minimum atomic E-state index is 0.000749. The zero-order chi connectivity index (χ0) is 11.8. The Balaban J connectivity index is 2.62. The van der Waals surface area contributed by atoms with Crippen molar-refractivity contribution in [2.24, 2.45) is 5.73 Å². The first-order valence-electron chi connectivity index (χ1n) is 5.57. The van der Waals surface area contributed by atoms with E-state index in [4.69, 9.17) is 5.73 Å². The summed E-state index contributed by atoms with van der Waals surface area (Å²) in [5.41, 5.74) is 7.68. The van der Waals surface area contributed by atoms with Gasteiger partial charge in [-0.3, -0.25) is 4.40 Å². The van der Waals surface area contributed by atoms with Crippen molar-refractivity contribution < 1.29 is 0 Å². The molecule has 16 heavy (non-hydrogen) atoms. The Hall–Kier alpha value is -1.42. The Bertz CT molecular complexity index is 493. The van der Waals surface area contributed by atoms with Crippen molar-refractivity contribution in [2.75, 3.05) is 6.54 Å². The highest BCUT2D eigenvalue weighted by Crippen LogP contribution is 2.21. The topological polar surface area (TPSA) is 56.2 Å². The van der Waals surface area contributed by atoms with E-state index in [0.717, 1.165) is 23.5 Å². The highest BCUT2D eigenvalue weighted by molar-refractivity contribution is 5.48. The van der Waals surface area contributed by atoms with Gasteiger partial charge in [-0.2, -0.15) is 0 Å². The molecule has 0 saturated heterocycles. The van der Waals surface area contributed by atoms with Crippen LogP contribution in [0.15, 0.2) is 18.3 Å². The normalized spacial score (nSPS) is 12.2. The Morgan fingerprint density at radius 1 is 1.31 bits per heavy atom. The molecule has 0 aromatic carbocycles. The summed E-state index contributed by atoms with van der Waals surface area (Å²) >= 11 is 0. The summed E-state index contributed by atoms with van der Waals surface area (Å²) in [4.78, 5) is 0. The van der Waals surface area contributed by atoms with Crippen LogP contribution in [0.3, 0.4) is 0 Å². The van der Waals surface area contributed by atoms with Gasteiger partial charge >= 0.3 is 0 Å². The lowest BCUT2D eigenvalue weighted by atomic mass is 9.96. The molecule has 0 spiro atoms. The van der Waals surface area contributed by atoms with Gasteiger partial charge in [-0.05, 0) is 24.6 Å². The maximum Gasteiger partial charge on any atom is 0.164 e. The highest BCUT2D eigenvalue weighted by Gasteiger charge is 2.21. The fourth-order valence-electron chi connectivity index (χ4n) is 1.83. The van der Waals surface area contributed by atoms with Crippen LogP contribution >= 0.6 is 0 Å². The van der Waals surface area contributed by atoms with Gasteiger partial charge in [0.15, 0.2) is 5.65 Å². The van der Waals surface area contributed by atoms with Gasteiger partial charge < -0.3 is 5.73 Å². The third-order valence-electron chi connectivity index (χ3n) is 2.60. The maximum absolute atomic E-state index is 5.59. The first kappa shape index (κ1) is 11.1. The van der Waals surface area contributed by atoms with Crippen LogP contribution in [-0.2, 0) is 11.8 Å². The first-order chi connectivity index (χ1) is 7.54. The number of aromatic nitrogens is 3. The minimum absolute atomic E-state index is 0.000749. The van der Waals surface area contributed by atoms with Crippen LogP contribution in [0.1, 0.15) is 32.2 Å². The van der Waals surface area contributed by atoms with E-state index in [1.807, 2.05) is 12.3 Å². The lowest BCUT2D eigenvalue weighted by molar-refractivity contribution is 0.538. The molecule has 0 fully saturated rings. The summed E-state index contributed by atoms with van der Waals surface area (Å²) < 4.78 is 2.06. The monoisotopic (exact) mass is 218 g/mol. The second kappa shape index (κ2) is 3.87. The first-order valence-corrected chi connectivity index (χ1v) is 5.57. The van der Waals surface area contributed by atoms with Crippen molar-refractivity contribution in [2.45, 2.75) is 32.6 Å². The lowest BCUT2D eigenvalue weighted by Crippen LogP contribution is -2.16. The van der Waals surface area contributed by atoms with Crippen LogP contribution < -0.4 is 5.73 Å². The van der Waals surface area contributed by atoms with E-state index in [1.54, 1.807) is 0 Å². The average Bonchev–Trinajstić information content (AvgIpc) is 2.62. The van der Waals surface area contributed by atoms with Crippen LogP contribution in [0.4, 0.5) is 0 Å². The molecule has 2 aromatic rings. The van der Waals surface area contributed by atoms with Gasteiger partial charge in [0.25, 0.3) is 0 Å². The lowest BCUT2D eigenvalue weighted by Gasteiger charge is -2.15. The number of rotatable bonds is 2. The van der Waals surface area contributed by atoms with Gasteiger partial charge in [0.05, 0.1) is 0 Å². The number of nitrogens with zero attached hydrogens (tertiary/aromatic N) is 3. The van der Waals surface area contributed by atoms with Crippen LogP contribution in [0, 0.1) is 0 Å². The molecule has 2 heterocycles. The molecule has 2 N–H and O–H groups in total. The number of hydrogen-bond donors (Lipinski definition) is 1. The zero-order valence-electron chi connectivity index (χ0n) is 10.1. The van der Waals surface area contributed by atoms with E-state index < -0.39 is 0 Å². The van der Waals surface area contributed by atoms with Crippen LogP contribution in [-0.4, -0.2) is 21.1 Å². The molecule has 0 bridgehead atoms. The SMILES string of the molecule is CC(C)(C)c1nnc2c(CCN)cccn12. The molecule has 0 atom stereocenters. The van der Waals surface area contributed by atoms with E-state index in [1.165, 1.54) is 0 Å². The van der Waals surface area contributed by atoms with Crippen molar-refractivity contribution >= 4 is 5.65 Å². The summed E-state index contributed by atoms with van der Waals surface area (Å²) in [5.74, 6) is 0.987. The van der Waals surface area contributed by atoms with Crippen LogP contribution in [0.2, 0.25) is 0 Å². The molecule has 0 radical (unpaired) electrons. The number of nitrogens with two attached hydrogens (primary N) is 1. The van der Waals surface area contributed by atoms with Gasteiger partial charge in [0, 0.05) is 11.6 Å². The second-order valence-electron chi connectivity index (χ2n) is 5.04. The Morgan fingerprint density at radius 3 is 2.69 bits per heavy atom. The Kier molecular flexibility index (Phi) is 2.68. The molecule has 0 aliphatic heterocycles. The maximum atomic E-state index is 5.59. The second-order valence-corrected chi connectivity index (χ2v) is 5.04. The molecule has 0 aliphatic carbocycles. The van der Waals surface area contributed by atoms with E-state index in [9.17, 15) is 0 Å². The Morgan fingerprint density at radius 2 is 2.06 bits per heavy atom. The average molecular weight is 218 g/mol.